The Balaban J connectivity index is 1.81. The molecule has 0 saturated heterocycles. The molecule has 5 heteroatoms. The number of carbonyl (C=O) groups is 2. The minimum absolute atomic E-state index is 0.0681. The molecule has 5 nitrogen and oxygen atoms in total. The number of aliphatic carboxylic acids is 1. The molecule has 1 saturated carbocycles. The normalized spacial score (nSPS) is 14.7. The van der Waals surface area contributed by atoms with E-state index in [4.69, 9.17) is 9.84 Å². The van der Waals surface area contributed by atoms with E-state index in [9.17, 15) is 9.59 Å². The Labute approximate surface area is 140 Å². The second kappa shape index (κ2) is 6.35. The predicted molar refractivity (Wildman–Crippen MR) is 90.3 cm³/mol. The third-order valence-corrected chi connectivity index (χ3v) is 4.35. The molecular formula is C19H19NO4. The third-order valence-electron chi connectivity index (χ3n) is 4.35. The summed E-state index contributed by atoms with van der Waals surface area (Å²) >= 11 is 0. The van der Waals surface area contributed by atoms with Crippen molar-refractivity contribution < 1.29 is 19.4 Å². The molecule has 24 heavy (non-hydrogen) atoms. The highest BCUT2D eigenvalue weighted by Gasteiger charge is 2.52. The Morgan fingerprint density at radius 2 is 1.92 bits per heavy atom. The Bertz CT molecular complexity index is 780. The van der Waals surface area contributed by atoms with E-state index in [2.05, 4.69) is 5.32 Å². The van der Waals surface area contributed by atoms with Gasteiger partial charge in [0.15, 0.2) is 0 Å². The van der Waals surface area contributed by atoms with Crippen LogP contribution in [0.3, 0.4) is 0 Å². The lowest BCUT2D eigenvalue weighted by Gasteiger charge is -2.18. The van der Waals surface area contributed by atoms with Gasteiger partial charge in [0, 0.05) is 11.3 Å². The van der Waals surface area contributed by atoms with E-state index in [1.165, 1.54) is 0 Å². The number of nitrogens with one attached hydrogen (secondary N) is 1. The second-order valence-electron chi connectivity index (χ2n) is 6.01. The van der Waals surface area contributed by atoms with E-state index in [0.717, 1.165) is 18.4 Å². The number of ether oxygens (including phenoxy) is 1. The van der Waals surface area contributed by atoms with Crippen molar-refractivity contribution >= 4 is 17.6 Å². The van der Waals surface area contributed by atoms with Crippen molar-refractivity contribution in [2.24, 2.45) is 0 Å². The molecule has 0 radical (unpaired) electrons. The first-order chi connectivity index (χ1) is 11.5. The number of amides is 1. The average Bonchev–Trinajstić information content (AvgIpc) is 3.36. The van der Waals surface area contributed by atoms with Crippen LogP contribution in [0.5, 0.6) is 5.75 Å². The quantitative estimate of drug-likeness (QED) is 0.856. The molecule has 124 valence electrons. The standard InChI is InChI=1S/C19H19NO4/c1-24-16-8-3-2-7-15(16)19(9-10-19)18(23)20-14-6-4-5-13(11-14)12-17(21)22/h2-8,11H,9-10,12H2,1H3,(H,20,23)(H,21,22). The van der Waals surface area contributed by atoms with E-state index in [0.29, 0.717) is 17.0 Å². The molecule has 1 amide bonds. The van der Waals surface area contributed by atoms with Gasteiger partial charge in [-0.2, -0.15) is 0 Å². The molecule has 3 rings (SSSR count). The summed E-state index contributed by atoms with van der Waals surface area (Å²) in [6.07, 6.45) is 1.48. The van der Waals surface area contributed by atoms with Gasteiger partial charge < -0.3 is 15.2 Å². The molecule has 0 atom stereocenters. The molecule has 0 unspecified atom stereocenters. The van der Waals surface area contributed by atoms with Crippen LogP contribution in [0.1, 0.15) is 24.0 Å². The minimum atomic E-state index is -0.897. The molecule has 2 N–H and O–H groups in total. The molecule has 0 aromatic heterocycles. The lowest BCUT2D eigenvalue weighted by molar-refractivity contribution is -0.136. The van der Waals surface area contributed by atoms with Crippen LogP contribution in [0.15, 0.2) is 48.5 Å². The van der Waals surface area contributed by atoms with E-state index in [-0.39, 0.29) is 12.3 Å². The Morgan fingerprint density at radius 1 is 1.17 bits per heavy atom. The van der Waals surface area contributed by atoms with Gasteiger partial charge >= 0.3 is 5.97 Å². The minimum Gasteiger partial charge on any atom is -0.496 e. The number of carboxylic acid groups (broad SMARTS) is 1. The van der Waals surface area contributed by atoms with E-state index < -0.39 is 11.4 Å². The number of carboxylic acids is 1. The van der Waals surface area contributed by atoms with Crippen molar-refractivity contribution in [3.63, 3.8) is 0 Å². The largest absolute Gasteiger partial charge is 0.496 e. The fraction of sp³-hybridized carbons (Fsp3) is 0.263. The van der Waals surface area contributed by atoms with Crippen LogP contribution in [-0.2, 0) is 21.4 Å². The van der Waals surface area contributed by atoms with Crippen molar-refractivity contribution in [3.05, 3.63) is 59.7 Å². The van der Waals surface area contributed by atoms with Crippen molar-refractivity contribution in [1.29, 1.82) is 0 Å². The van der Waals surface area contributed by atoms with E-state index in [1.54, 1.807) is 31.4 Å². The maximum Gasteiger partial charge on any atom is 0.307 e. The second-order valence-corrected chi connectivity index (χ2v) is 6.01. The van der Waals surface area contributed by atoms with Crippen LogP contribution in [0.25, 0.3) is 0 Å². The summed E-state index contributed by atoms with van der Waals surface area (Å²) in [6, 6.07) is 14.5. The summed E-state index contributed by atoms with van der Waals surface area (Å²) in [5.41, 5.74) is 1.60. The molecule has 0 aliphatic heterocycles. The zero-order valence-corrected chi connectivity index (χ0v) is 13.4. The van der Waals surface area contributed by atoms with Crippen LogP contribution in [0.4, 0.5) is 5.69 Å². The number of anilines is 1. The first-order valence-electron chi connectivity index (χ1n) is 7.81. The Hall–Kier alpha value is -2.82. The van der Waals surface area contributed by atoms with Crippen LogP contribution in [0, 0.1) is 0 Å². The number of rotatable bonds is 6. The summed E-state index contributed by atoms with van der Waals surface area (Å²) in [7, 11) is 1.60. The average molecular weight is 325 g/mol. The van der Waals surface area contributed by atoms with E-state index >= 15 is 0 Å². The van der Waals surface area contributed by atoms with Crippen LogP contribution >= 0.6 is 0 Å². The van der Waals surface area contributed by atoms with Crippen molar-refractivity contribution in [3.8, 4) is 5.75 Å². The molecule has 2 aromatic rings. The summed E-state index contributed by atoms with van der Waals surface area (Å²) in [5.74, 6) is -0.268. The number of carbonyl (C=O) groups excluding carboxylic acids is 1. The summed E-state index contributed by atoms with van der Waals surface area (Å²) < 4.78 is 5.39. The highest BCUT2D eigenvalue weighted by atomic mass is 16.5. The molecule has 1 fully saturated rings. The van der Waals surface area contributed by atoms with Crippen molar-refractivity contribution in [2.45, 2.75) is 24.7 Å². The molecular weight excluding hydrogens is 306 g/mol. The fourth-order valence-electron chi connectivity index (χ4n) is 2.97. The maximum atomic E-state index is 12.8. The summed E-state index contributed by atoms with van der Waals surface area (Å²) in [5, 5.41) is 11.8. The van der Waals surface area contributed by atoms with Gasteiger partial charge in [0.25, 0.3) is 0 Å². The maximum absolute atomic E-state index is 12.8. The van der Waals surface area contributed by atoms with Gasteiger partial charge in [0.05, 0.1) is 18.9 Å². The highest BCUT2D eigenvalue weighted by molar-refractivity contribution is 6.02. The van der Waals surface area contributed by atoms with Gasteiger partial charge in [-0.05, 0) is 36.6 Å². The van der Waals surface area contributed by atoms with Crippen molar-refractivity contribution in [1.82, 2.24) is 0 Å². The summed E-state index contributed by atoms with van der Waals surface area (Å²) in [4.78, 5) is 23.6. The lowest BCUT2D eigenvalue weighted by atomic mass is 9.93. The third kappa shape index (κ3) is 3.11. The molecule has 1 aliphatic carbocycles. The van der Waals surface area contributed by atoms with Gasteiger partial charge in [-0.1, -0.05) is 30.3 Å². The topological polar surface area (TPSA) is 75.6 Å². The van der Waals surface area contributed by atoms with Gasteiger partial charge in [-0.3, -0.25) is 9.59 Å². The molecule has 2 aromatic carbocycles. The van der Waals surface area contributed by atoms with Gasteiger partial charge in [0.2, 0.25) is 5.91 Å². The molecule has 1 aliphatic rings. The van der Waals surface area contributed by atoms with Gasteiger partial charge in [0.1, 0.15) is 5.75 Å². The zero-order chi connectivity index (χ0) is 17.2. The highest BCUT2D eigenvalue weighted by Crippen LogP contribution is 2.51. The Kier molecular flexibility index (Phi) is 4.25. The van der Waals surface area contributed by atoms with Crippen LogP contribution in [0.2, 0.25) is 0 Å². The lowest BCUT2D eigenvalue weighted by Crippen LogP contribution is -2.28. The number of para-hydroxylation sites is 1. The number of methoxy groups -OCH3 is 1. The first-order valence-corrected chi connectivity index (χ1v) is 7.81. The summed E-state index contributed by atoms with van der Waals surface area (Å²) in [6.45, 7) is 0. The smallest absolute Gasteiger partial charge is 0.307 e. The zero-order valence-electron chi connectivity index (χ0n) is 13.4. The SMILES string of the molecule is COc1ccccc1C1(C(=O)Nc2cccc(CC(=O)O)c2)CC1. The first kappa shape index (κ1) is 16.1. The van der Waals surface area contributed by atoms with E-state index in [1.807, 2.05) is 24.3 Å². The number of benzene rings is 2. The number of hydrogen-bond donors (Lipinski definition) is 2. The molecule has 0 heterocycles. The van der Waals surface area contributed by atoms with Crippen LogP contribution < -0.4 is 10.1 Å². The van der Waals surface area contributed by atoms with Gasteiger partial charge in [-0.15, -0.1) is 0 Å². The monoisotopic (exact) mass is 325 g/mol. The fourth-order valence-corrected chi connectivity index (χ4v) is 2.97. The Morgan fingerprint density at radius 3 is 2.58 bits per heavy atom. The molecule has 0 bridgehead atoms. The predicted octanol–water partition coefficient (Wildman–Crippen LogP) is 2.99. The number of hydrogen-bond acceptors (Lipinski definition) is 3. The van der Waals surface area contributed by atoms with Gasteiger partial charge in [-0.25, -0.2) is 0 Å². The molecule has 0 spiro atoms. The van der Waals surface area contributed by atoms with Crippen LogP contribution in [-0.4, -0.2) is 24.1 Å². The van der Waals surface area contributed by atoms with Crippen molar-refractivity contribution in [2.75, 3.05) is 12.4 Å².